The Balaban J connectivity index is 2.73. The number of rotatable bonds is 3. The first-order valence-corrected chi connectivity index (χ1v) is 5.91. The number of halogens is 1. The molecule has 1 aromatic carbocycles. The van der Waals surface area contributed by atoms with Gasteiger partial charge < -0.3 is 5.32 Å². The number of hydrogen-bond donors (Lipinski definition) is 1. The van der Waals surface area contributed by atoms with E-state index in [1.54, 1.807) is 20.9 Å². The Morgan fingerprint density at radius 3 is 2.55 bits per heavy atom. The number of anilines is 1. The van der Waals surface area contributed by atoms with Crippen LogP contribution in [0, 0.1) is 29.8 Å². The minimum absolute atomic E-state index is 0.171. The van der Waals surface area contributed by atoms with E-state index in [0.717, 1.165) is 0 Å². The van der Waals surface area contributed by atoms with E-state index in [2.05, 4.69) is 15.3 Å². The van der Waals surface area contributed by atoms with Crippen LogP contribution in [-0.2, 0) is 0 Å². The second-order valence-corrected chi connectivity index (χ2v) is 4.30. The van der Waals surface area contributed by atoms with Gasteiger partial charge >= 0.3 is 5.69 Å². The van der Waals surface area contributed by atoms with E-state index >= 15 is 0 Å². The molecule has 0 saturated heterocycles. The average molecular weight is 276 g/mol. The standard InChI is InChI=1S/C13H13FN4O2/c1-7-6-9(4-5-10(7)14)11-12(18(19)20)8(2)16-13(15-3)17-11/h4-6H,1-3H3,(H,15,16,17). The molecule has 0 unspecified atom stereocenters. The van der Waals surface area contributed by atoms with E-state index in [1.165, 1.54) is 18.2 Å². The van der Waals surface area contributed by atoms with E-state index in [0.29, 0.717) is 11.1 Å². The number of nitro groups is 1. The van der Waals surface area contributed by atoms with E-state index < -0.39 is 4.92 Å². The summed E-state index contributed by atoms with van der Waals surface area (Å²) in [6, 6.07) is 4.27. The zero-order chi connectivity index (χ0) is 14.9. The zero-order valence-electron chi connectivity index (χ0n) is 11.3. The normalized spacial score (nSPS) is 10.4. The average Bonchev–Trinajstić information content (AvgIpc) is 2.40. The Morgan fingerprint density at radius 1 is 1.30 bits per heavy atom. The number of hydrogen-bond acceptors (Lipinski definition) is 5. The Hall–Kier alpha value is -2.57. The van der Waals surface area contributed by atoms with E-state index in [1.807, 2.05) is 0 Å². The van der Waals surface area contributed by atoms with Crippen LogP contribution in [0.1, 0.15) is 11.3 Å². The molecule has 0 bridgehead atoms. The van der Waals surface area contributed by atoms with Crippen LogP contribution in [-0.4, -0.2) is 21.9 Å². The number of benzene rings is 1. The smallest absolute Gasteiger partial charge is 0.316 e. The summed E-state index contributed by atoms with van der Waals surface area (Å²) in [5.41, 5.74) is 1.15. The molecule has 2 rings (SSSR count). The summed E-state index contributed by atoms with van der Waals surface area (Å²) < 4.78 is 13.3. The molecule has 6 nitrogen and oxygen atoms in total. The van der Waals surface area contributed by atoms with E-state index in [9.17, 15) is 14.5 Å². The van der Waals surface area contributed by atoms with Crippen LogP contribution in [0.25, 0.3) is 11.3 Å². The second-order valence-electron chi connectivity index (χ2n) is 4.30. The van der Waals surface area contributed by atoms with Gasteiger partial charge in [0.1, 0.15) is 11.5 Å². The number of nitrogens with zero attached hydrogens (tertiary/aromatic N) is 3. The van der Waals surface area contributed by atoms with Gasteiger partial charge in [0, 0.05) is 12.6 Å². The number of nitrogens with one attached hydrogen (secondary N) is 1. The third kappa shape index (κ3) is 2.42. The lowest BCUT2D eigenvalue weighted by atomic mass is 10.1. The summed E-state index contributed by atoms with van der Waals surface area (Å²) in [4.78, 5) is 18.8. The van der Waals surface area contributed by atoms with Crippen LogP contribution in [0.15, 0.2) is 18.2 Å². The fraction of sp³-hybridized carbons (Fsp3) is 0.231. The maximum absolute atomic E-state index is 13.3. The van der Waals surface area contributed by atoms with Gasteiger partial charge in [-0.25, -0.2) is 14.4 Å². The third-order valence-electron chi connectivity index (χ3n) is 2.90. The molecule has 0 aliphatic carbocycles. The Kier molecular flexibility index (Phi) is 3.60. The van der Waals surface area contributed by atoms with Crippen molar-refractivity contribution in [2.45, 2.75) is 13.8 Å². The monoisotopic (exact) mass is 276 g/mol. The highest BCUT2D eigenvalue weighted by Gasteiger charge is 2.23. The molecule has 1 heterocycles. The molecular weight excluding hydrogens is 263 g/mol. The second kappa shape index (κ2) is 5.20. The van der Waals surface area contributed by atoms with Crippen LogP contribution < -0.4 is 5.32 Å². The predicted octanol–water partition coefficient (Wildman–Crippen LogP) is 2.85. The molecule has 7 heteroatoms. The SMILES string of the molecule is CNc1nc(C)c([N+](=O)[O-])c(-c2ccc(F)c(C)c2)n1. The van der Waals surface area contributed by atoms with Crippen LogP contribution in [0.5, 0.6) is 0 Å². The zero-order valence-corrected chi connectivity index (χ0v) is 11.3. The topological polar surface area (TPSA) is 81.0 Å². The Morgan fingerprint density at radius 2 is 2.00 bits per heavy atom. The number of aryl methyl sites for hydroxylation is 2. The maximum Gasteiger partial charge on any atom is 0.316 e. The molecule has 0 saturated carbocycles. The first kappa shape index (κ1) is 13.9. The molecule has 0 aliphatic heterocycles. The Bertz CT molecular complexity index is 688. The molecule has 0 spiro atoms. The van der Waals surface area contributed by atoms with Crippen LogP contribution in [0.4, 0.5) is 16.0 Å². The van der Waals surface area contributed by atoms with Crippen molar-refractivity contribution in [1.29, 1.82) is 0 Å². The van der Waals surface area contributed by atoms with Crippen molar-refractivity contribution in [2.24, 2.45) is 0 Å². The Labute approximate surface area is 114 Å². The van der Waals surface area contributed by atoms with Gasteiger partial charge in [-0.3, -0.25) is 10.1 Å². The van der Waals surface area contributed by atoms with Crippen molar-refractivity contribution in [3.63, 3.8) is 0 Å². The quantitative estimate of drug-likeness (QED) is 0.688. The highest BCUT2D eigenvalue weighted by atomic mass is 19.1. The molecule has 2 aromatic rings. The van der Waals surface area contributed by atoms with Crippen molar-refractivity contribution in [3.05, 3.63) is 45.4 Å². The van der Waals surface area contributed by atoms with Crippen LogP contribution in [0.2, 0.25) is 0 Å². The van der Waals surface area contributed by atoms with Gasteiger partial charge in [-0.15, -0.1) is 0 Å². The molecule has 104 valence electrons. The lowest BCUT2D eigenvalue weighted by Crippen LogP contribution is -2.05. The first-order valence-electron chi connectivity index (χ1n) is 5.91. The highest BCUT2D eigenvalue weighted by molar-refractivity contribution is 5.72. The van der Waals surface area contributed by atoms with Crippen molar-refractivity contribution >= 4 is 11.6 Å². The highest BCUT2D eigenvalue weighted by Crippen LogP contribution is 2.31. The van der Waals surface area contributed by atoms with Crippen molar-refractivity contribution in [1.82, 2.24) is 9.97 Å². The summed E-state index contributed by atoms with van der Waals surface area (Å²) in [6.45, 7) is 3.14. The maximum atomic E-state index is 13.3. The van der Waals surface area contributed by atoms with Crippen LogP contribution >= 0.6 is 0 Å². The minimum atomic E-state index is -0.525. The molecule has 0 atom stereocenters. The third-order valence-corrected chi connectivity index (χ3v) is 2.90. The number of aromatic nitrogens is 2. The van der Waals surface area contributed by atoms with Crippen molar-refractivity contribution in [2.75, 3.05) is 12.4 Å². The summed E-state index contributed by atoms with van der Waals surface area (Å²) in [5.74, 6) is -0.0823. The first-order chi connectivity index (χ1) is 9.43. The molecule has 20 heavy (non-hydrogen) atoms. The van der Waals surface area contributed by atoms with Gasteiger partial charge in [0.2, 0.25) is 5.95 Å². The van der Waals surface area contributed by atoms with Crippen molar-refractivity contribution < 1.29 is 9.31 Å². The molecule has 1 N–H and O–H groups in total. The van der Waals surface area contributed by atoms with Gasteiger partial charge in [-0.1, -0.05) is 0 Å². The summed E-state index contributed by atoms with van der Waals surface area (Å²) in [5, 5.41) is 13.9. The van der Waals surface area contributed by atoms with Gasteiger partial charge in [-0.2, -0.15) is 0 Å². The van der Waals surface area contributed by atoms with Gasteiger partial charge in [-0.05, 0) is 37.6 Å². The molecule has 0 radical (unpaired) electrons. The van der Waals surface area contributed by atoms with Crippen LogP contribution in [0.3, 0.4) is 0 Å². The summed E-state index contributed by atoms with van der Waals surface area (Å²) >= 11 is 0. The van der Waals surface area contributed by atoms with E-state index in [4.69, 9.17) is 0 Å². The fourth-order valence-electron chi connectivity index (χ4n) is 1.89. The minimum Gasteiger partial charge on any atom is -0.357 e. The summed E-state index contributed by atoms with van der Waals surface area (Å²) in [7, 11) is 1.63. The van der Waals surface area contributed by atoms with E-state index in [-0.39, 0.29) is 28.8 Å². The van der Waals surface area contributed by atoms with Gasteiger partial charge in [0.25, 0.3) is 0 Å². The lowest BCUT2D eigenvalue weighted by Gasteiger charge is -2.08. The molecule has 0 amide bonds. The van der Waals surface area contributed by atoms with Crippen molar-refractivity contribution in [3.8, 4) is 11.3 Å². The van der Waals surface area contributed by atoms with Gasteiger partial charge in [0.05, 0.1) is 4.92 Å². The molecular formula is C13H13FN4O2. The summed E-state index contributed by atoms with van der Waals surface area (Å²) in [6.07, 6.45) is 0. The predicted molar refractivity (Wildman–Crippen MR) is 73.1 cm³/mol. The largest absolute Gasteiger partial charge is 0.357 e. The molecule has 0 aliphatic rings. The molecule has 1 aromatic heterocycles. The van der Waals surface area contributed by atoms with Gasteiger partial charge in [0.15, 0.2) is 5.69 Å². The fourth-order valence-corrected chi connectivity index (χ4v) is 1.89. The molecule has 0 fully saturated rings. The lowest BCUT2D eigenvalue weighted by molar-refractivity contribution is -0.385.